The standard InChI is InChI=1S/C22H19F6N3O4/c1-31(16-4-2-3-15(23)10-16)30-18(13-5-7-17(8-6-13)35-21(24)25)9-14(12-32)20(34)29-11-19(33)22(26,27)28/h2-10,12,19,21,33H,11H2,1H3,(H,29,34)/b14-9+,30-18+. The minimum Gasteiger partial charge on any atom is -0.435 e. The number of amides is 1. The number of nitrogens with one attached hydrogen (secondary N) is 1. The molecule has 0 aromatic heterocycles. The predicted molar refractivity (Wildman–Crippen MR) is 114 cm³/mol. The van der Waals surface area contributed by atoms with Crippen molar-refractivity contribution in [2.45, 2.75) is 18.9 Å². The molecule has 35 heavy (non-hydrogen) atoms. The largest absolute Gasteiger partial charge is 0.435 e. The number of hydrazone groups is 1. The van der Waals surface area contributed by atoms with Crippen molar-refractivity contribution in [2.75, 3.05) is 18.6 Å². The molecule has 2 N–H and O–H groups in total. The molecule has 2 aromatic rings. The molecule has 0 aliphatic heterocycles. The van der Waals surface area contributed by atoms with Crippen molar-refractivity contribution in [3.05, 3.63) is 71.6 Å². The van der Waals surface area contributed by atoms with Crippen molar-refractivity contribution in [3.63, 3.8) is 0 Å². The van der Waals surface area contributed by atoms with Crippen LogP contribution in [0.4, 0.5) is 32.0 Å². The van der Waals surface area contributed by atoms with E-state index >= 15 is 0 Å². The lowest BCUT2D eigenvalue weighted by Gasteiger charge is -2.16. The second kappa shape index (κ2) is 12.0. The van der Waals surface area contributed by atoms with Crippen LogP contribution in [-0.2, 0) is 9.59 Å². The Labute approximate surface area is 195 Å². The molecule has 0 saturated heterocycles. The van der Waals surface area contributed by atoms with E-state index in [1.165, 1.54) is 42.4 Å². The highest BCUT2D eigenvalue weighted by Crippen LogP contribution is 2.20. The number of ether oxygens (including phenoxy) is 1. The summed E-state index contributed by atoms with van der Waals surface area (Å²) in [5, 5.41) is 16.2. The lowest BCUT2D eigenvalue weighted by molar-refractivity contribution is -0.201. The summed E-state index contributed by atoms with van der Waals surface area (Å²) in [6.45, 7) is -4.28. The van der Waals surface area contributed by atoms with Crippen LogP contribution < -0.4 is 15.1 Å². The second-order valence-corrected chi connectivity index (χ2v) is 6.88. The van der Waals surface area contributed by atoms with E-state index in [-0.39, 0.29) is 29.0 Å². The van der Waals surface area contributed by atoms with Crippen LogP contribution in [-0.4, -0.2) is 55.5 Å². The molecule has 1 atom stereocenters. The Morgan fingerprint density at radius 1 is 1.20 bits per heavy atom. The summed E-state index contributed by atoms with van der Waals surface area (Å²) in [4.78, 5) is 23.7. The quantitative estimate of drug-likeness (QED) is 0.0987. The van der Waals surface area contributed by atoms with Gasteiger partial charge in [0.05, 0.1) is 23.5 Å². The highest BCUT2D eigenvalue weighted by atomic mass is 19.4. The lowest BCUT2D eigenvalue weighted by atomic mass is 10.1. The number of halogens is 6. The molecule has 13 heteroatoms. The fourth-order valence-electron chi connectivity index (χ4n) is 2.58. The summed E-state index contributed by atoms with van der Waals surface area (Å²) in [5.74, 6) is -2.01. The average molecular weight is 503 g/mol. The van der Waals surface area contributed by atoms with Crippen LogP contribution in [0.15, 0.2) is 65.3 Å². The van der Waals surface area contributed by atoms with E-state index in [1.54, 1.807) is 5.32 Å². The summed E-state index contributed by atoms with van der Waals surface area (Å²) in [6, 6.07) is 10.1. The van der Waals surface area contributed by atoms with Gasteiger partial charge >= 0.3 is 12.8 Å². The molecule has 188 valence electrons. The molecule has 0 aliphatic rings. The number of rotatable bonds is 10. The van der Waals surface area contributed by atoms with Crippen molar-refractivity contribution < 1.29 is 45.8 Å². The van der Waals surface area contributed by atoms with E-state index in [0.717, 1.165) is 24.3 Å². The Bertz CT molecular complexity index is 1090. The second-order valence-electron chi connectivity index (χ2n) is 6.88. The number of aliphatic hydroxyl groups excluding tert-OH is 1. The number of hydrogen-bond acceptors (Lipinski definition) is 6. The molecular weight excluding hydrogens is 484 g/mol. The number of hydrogen-bond donors (Lipinski definition) is 2. The Kier molecular flexibility index (Phi) is 9.40. The van der Waals surface area contributed by atoms with Crippen LogP contribution in [0, 0.1) is 5.82 Å². The van der Waals surface area contributed by atoms with Gasteiger partial charge in [-0.25, -0.2) is 4.39 Å². The number of aldehydes is 1. The molecule has 0 spiro atoms. The maximum atomic E-state index is 13.6. The van der Waals surface area contributed by atoms with Gasteiger partial charge in [0.15, 0.2) is 12.4 Å². The van der Waals surface area contributed by atoms with E-state index in [9.17, 15) is 35.9 Å². The molecule has 0 radical (unpaired) electrons. The van der Waals surface area contributed by atoms with Crippen molar-refractivity contribution in [1.29, 1.82) is 0 Å². The summed E-state index contributed by atoms with van der Waals surface area (Å²) in [6.07, 6.45) is -6.85. The first-order chi connectivity index (χ1) is 16.4. The number of benzene rings is 2. The first kappa shape index (κ1) is 27.4. The topological polar surface area (TPSA) is 91.2 Å². The van der Waals surface area contributed by atoms with Gasteiger partial charge in [-0.1, -0.05) is 6.07 Å². The summed E-state index contributed by atoms with van der Waals surface area (Å²) in [7, 11) is 1.41. The van der Waals surface area contributed by atoms with E-state index in [0.29, 0.717) is 0 Å². The minimum absolute atomic E-state index is 0.0568. The summed E-state index contributed by atoms with van der Waals surface area (Å²) >= 11 is 0. The van der Waals surface area contributed by atoms with E-state index in [4.69, 9.17) is 5.11 Å². The van der Waals surface area contributed by atoms with Gasteiger partial charge < -0.3 is 15.2 Å². The Balaban J connectivity index is 2.42. The van der Waals surface area contributed by atoms with Crippen molar-refractivity contribution >= 4 is 23.6 Å². The molecule has 0 saturated carbocycles. The van der Waals surface area contributed by atoms with Gasteiger partial charge in [0.2, 0.25) is 0 Å². The van der Waals surface area contributed by atoms with Gasteiger partial charge in [-0.15, -0.1) is 0 Å². The van der Waals surface area contributed by atoms with Gasteiger partial charge in [0.1, 0.15) is 11.6 Å². The van der Waals surface area contributed by atoms with Crippen LogP contribution in [0.1, 0.15) is 5.56 Å². The number of alkyl halides is 5. The predicted octanol–water partition coefficient (Wildman–Crippen LogP) is 3.43. The third-order valence-corrected chi connectivity index (χ3v) is 4.33. The first-order valence-corrected chi connectivity index (χ1v) is 9.73. The van der Waals surface area contributed by atoms with Crippen LogP contribution in [0.3, 0.4) is 0 Å². The highest BCUT2D eigenvalue weighted by molar-refractivity contribution is 6.19. The van der Waals surface area contributed by atoms with Crippen molar-refractivity contribution in [3.8, 4) is 5.75 Å². The molecule has 0 aliphatic carbocycles. The summed E-state index contributed by atoms with van der Waals surface area (Å²) < 4.78 is 80.1. The zero-order chi connectivity index (χ0) is 26.2. The van der Waals surface area contributed by atoms with Crippen LogP contribution in [0.25, 0.3) is 0 Å². The number of anilines is 1. The molecule has 0 bridgehead atoms. The highest BCUT2D eigenvalue weighted by Gasteiger charge is 2.38. The van der Waals surface area contributed by atoms with Crippen LogP contribution in [0.2, 0.25) is 0 Å². The number of allylic oxidation sites excluding steroid dienone is 1. The molecule has 0 fully saturated rings. The Morgan fingerprint density at radius 3 is 2.40 bits per heavy atom. The molecule has 1 unspecified atom stereocenters. The maximum Gasteiger partial charge on any atom is 0.416 e. The smallest absolute Gasteiger partial charge is 0.416 e. The van der Waals surface area contributed by atoms with Crippen LogP contribution in [0.5, 0.6) is 5.75 Å². The zero-order valence-corrected chi connectivity index (χ0v) is 18.0. The number of nitrogens with zero attached hydrogens (tertiary/aromatic N) is 2. The Hall–Kier alpha value is -3.87. The molecule has 2 aromatic carbocycles. The van der Waals surface area contributed by atoms with E-state index in [1.807, 2.05) is 0 Å². The summed E-state index contributed by atoms with van der Waals surface area (Å²) in [5.41, 5.74) is -0.302. The monoisotopic (exact) mass is 503 g/mol. The molecular formula is C22H19F6N3O4. The third-order valence-electron chi connectivity index (χ3n) is 4.33. The Morgan fingerprint density at radius 2 is 1.86 bits per heavy atom. The minimum atomic E-state index is -4.99. The third kappa shape index (κ3) is 8.45. The van der Waals surface area contributed by atoms with Gasteiger partial charge in [-0.2, -0.15) is 27.1 Å². The van der Waals surface area contributed by atoms with Gasteiger partial charge in [-0.05, 0) is 48.5 Å². The first-order valence-electron chi connectivity index (χ1n) is 9.73. The van der Waals surface area contributed by atoms with Crippen molar-refractivity contribution in [2.24, 2.45) is 5.10 Å². The zero-order valence-electron chi connectivity index (χ0n) is 18.0. The van der Waals surface area contributed by atoms with Gasteiger partial charge in [0.25, 0.3) is 5.91 Å². The number of carbonyl (C=O) groups excluding carboxylic acids is 2. The molecule has 1 amide bonds. The number of aliphatic hydroxyl groups is 1. The molecule has 7 nitrogen and oxygen atoms in total. The van der Waals surface area contributed by atoms with Crippen LogP contribution >= 0.6 is 0 Å². The van der Waals surface area contributed by atoms with E-state index < -0.39 is 42.7 Å². The average Bonchev–Trinajstić information content (AvgIpc) is 2.79. The fourth-order valence-corrected chi connectivity index (χ4v) is 2.58. The van der Waals surface area contributed by atoms with Gasteiger partial charge in [-0.3, -0.25) is 14.6 Å². The maximum absolute atomic E-state index is 13.6. The normalized spacial score (nSPS) is 13.4. The van der Waals surface area contributed by atoms with Gasteiger partial charge in [0, 0.05) is 12.6 Å². The number of carbonyl (C=O) groups is 2. The fraction of sp³-hybridized carbons (Fsp3) is 0.227. The van der Waals surface area contributed by atoms with Crippen molar-refractivity contribution in [1.82, 2.24) is 5.32 Å². The van der Waals surface area contributed by atoms with E-state index in [2.05, 4.69) is 9.84 Å². The molecule has 0 heterocycles. The molecule has 2 rings (SSSR count). The lowest BCUT2D eigenvalue weighted by Crippen LogP contribution is -2.41. The SMILES string of the molecule is CN(/N=C(\C=C(/C=O)C(=O)NCC(O)C(F)(F)F)c1ccc(OC(F)F)cc1)c1cccc(F)c1.